The summed E-state index contributed by atoms with van der Waals surface area (Å²) in [6.07, 6.45) is 1.69. The molecule has 0 unspecified atom stereocenters. The Hall–Kier alpha value is -2.13. The predicted octanol–water partition coefficient (Wildman–Crippen LogP) is 5.33. The molecule has 0 saturated carbocycles. The highest BCUT2D eigenvalue weighted by Gasteiger charge is 2.10. The van der Waals surface area contributed by atoms with Crippen molar-refractivity contribution < 1.29 is 4.79 Å². The fraction of sp³-hybridized carbons (Fsp3) is 0.182. The number of carbonyl (C=O) groups is 1. The van der Waals surface area contributed by atoms with E-state index in [0.717, 1.165) is 36.4 Å². The second-order valence-electron chi connectivity index (χ2n) is 6.75. The lowest BCUT2D eigenvalue weighted by molar-refractivity contribution is -0.119. The number of hydrogen-bond acceptors (Lipinski definition) is 3. The smallest absolute Gasteiger partial charge is 0.259 e. The van der Waals surface area contributed by atoms with E-state index in [2.05, 4.69) is 97.0 Å². The van der Waals surface area contributed by atoms with Gasteiger partial charge in [-0.2, -0.15) is 5.10 Å². The quantitative estimate of drug-likeness (QED) is 0.241. The Balaban J connectivity index is 1.64. The Bertz CT molecular complexity index is 1060. The SMILES string of the molecule is Cc1ccc(-n2c(C)cc(/C=N/NC(=O)CNc3ccc(I)cc3)c2C)cc1Br. The number of aryl methyl sites for hydroxylation is 2. The molecule has 0 atom stereocenters. The fourth-order valence-electron chi connectivity index (χ4n) is 3.00. The van der Waals surface area contributed by atoms with Crippen LogP contribution in [0.1, 0.15) is 22.5 Å². The number of halogens is 2. The van der Waals surface area contributed by atoms with Crippen LogP contribution < -0.4 is 10.7 Å². The second-order valence-corrected chi connectivity index (χ2v) is 8.85. The number of nitrogens with one attached hydrogen (secondary N) is 2. The van der Waals surface area contributed by atoms with E-state index in [-0.39, 0.29) is 12.5 Å². The number of hydrogen-bond donors (Lipinski definition) is 2. The van der Waals surface area contributed by atoms with Crippen molar-refractivity contribution in [3.63, 3.8) is 0 Å². The van der Waals surface area contributed by atoms with Gasteiger partial charge in [-0.05, 0) is 91.4 Å². The number of aromatic nitrogens is 1. The molecule has 1 aromatic heterocycles. The molecule has 2 aromatic carbocycles. The first-order valence-corrected chi connectivity index (χ1v) is 11.0. The van der Waals surface area contributed by atoms with Crippen molar-refractivity contribution in [1.29, 1.82) is 0 Å². The Morgan fingerprint density at radius 2 is 1.86 bits per heavy atom. The van der Waals surface area contributed by atoms with Crippen LogP contribution in [-0.4, -0.2) is 23.2 Å². The van der Waals surface area contributed by atoms with Crippen LogP contribution in [0, 0.1) is 24.3 Å². The molecule has 0 aliphatic rings. The van der Waals surface area contributed by atoms with E-state index >= 15 is 0 Å². The summed E-state index contributed by atoms with van der Waals surface area (Å²) < 4.78 is 4.40. The Labute approximate surface area is 192 Å². The number of anilines is 1. The monoisotopic (exact) mass is 564 g/mol. The predicted molar refractivity (Wildman–Crippen MR) is 131 cm³/mol. The largest absolute Gasteiger partial charge is 0.376 e. The summed E-state index contributed by atoms with van der Waals surface area (Å²) in [5.41, 5.74) is 8.88. The molecule has 0 spiro atoms. The molecule has 0 radical (unpaired) electrons. The van der Waals surface area contributed by atoms with Crippen molar-refractivity contribution in [2.75, 3.05) is 11.9 Å². The third kappa shape index (κ3) is 5.48. The van der Waals surface area contributed by atoms with Gasteiger partial charge in [0.05, 0.1) is 12.8 Å². The van der Waals surface area contributed by atoms with Crippen molar-refractivity contribution in [1.82, 2.24) is 9.99 Å². The molecule has 29 heavy (non-hydrogen) atoms. The summed E-state index contributed by atoms with van der Waals surface area (Å²) >= 11 is 5.84. The average Bonchev–Trinajstić information content (AvgIpc) is 2.97. The molecule has 1 amide bonds. The lowest BCUT2D eigenvalue weighted by Gasteiger charge is -2.11. The standard InChI is InChI=1S/C22H22BrIN4O/c1-14-4-9-20(11-21(14)23)28-15(2)10-17(16(28)3)12-26-27-22(29)13-25-19-7-5-18(24)6-8-19/h4-12,25H,13H2,1-3H3,(H,27,29)/b26-12+. The van der Waals surface area contributed by atoms with Crippen LogP contribution >= 0.6 is 38.5 Å². The minimum Gasteiger partial charge on any atom is -0.376 e. The lowest BCUT2D eigenvalue weighted by Crippen LogP contribution is -2.25. The minimum atomic E-state index is -0.198. The van der Waals surface area contributed by atoms with Gasteiger partial charge >= 0.3 is 0 Å². The van der Waals surface area contributed by atoms with Crippen LogP contribution in [0.15, 0.2) is 58.1 Å². The summed E-state index contributed by atoms with van der Waals surface area (Å²) in [6.45, 7) is 6.33. The molecule has 0 bridgehead atoms. The highest BCUT2D eigenvalue weighted by molar-refractivity contribution is 14.1. The van der Waals surface area contributed by atoms with E-state index in [1.165, 1.54) is 5.56 Å². The molecular weight excluding hydrogens is 543 g/mol. The molecule has 150 valence electrons. The van der Waals surface area contributed by atoms with Gasteiger partial charge in [0, 0.05) is 36.4 Å². The number of carbonyl (C=O) groups excluding carboxylic acids is 1. The molecule has 7 heteroatoms. The fourth-order valence-corrected chi connectivity index (χ4v) is 3.73. The summed E-state index contributed by atoms with van der Waals surface area (Å²) in [5, 5.41) is 7.20. The summed E-state index contributed by atoms with van der Waals surface area (Å²) in [6, 6.07) is 16.2. The van der Waals surface area contributed by atoms with Gasteiger partial charge in [-0.3, -0.25) is 4.79 Å². The summed E-state index contributed by atoms with van der Waals surface area (Å²) in [4.78, 5) is 12.0. The van der Waals surface area contributed by atoms with Crippen molar-refractivity contribution >= 4 is 56.3 Å². The van der Waals surface area contributed by atoms with Crippen molar-refractivity contribution in [3.8, 4) is 5.69 Å². The van der Waals surface area contributed by atoms with Gasteiger partial charge in [0.15, 0.2) is 0 Å². The van der Waals surface area contributed by atoms with Crippen LogP contribution in [-0.2, 0) is 4.79 Å². The maximum atomic E-state index is 12.0. The maximum absolute atomic E-state index is 12.0. The summed E-state index contributed by atoms with van der Waals surface area (Å²) in [7, 11) is 0. The molecule has 0 aliphatic carbocycles. The molecule has 0 fully saturated rings. The molecule has 0 saturated heterocycles. The molecule has 1 heterocycles. The van der Waals surface area contributed by atoms with Gasteiger partial charge in [-0.1, -0.05) is 22.0 Å². The number of hydrazone groups is 1. The van der Waals surface area contributed by atoms with Gasteiger partial charge in [0.1, 0.15) is 0 Å². The van der Waals surface area contributed by atoms with Crippen LogP contribution in [0.3, 0.4) is 0 Å². The van der Waals surface area contributed by atoms with Crippen molar-refractivity contribution in [2.24, 2.45) is 5.10 Å². The Morgan fingerprint density at radius 1 is 1.14 bits per heavy atom. The van der Waals surface area contributed by atoms with Gasteiger partial charge in [-0.15, -0.1) is 0 Å². The molecule has 0 aliphatic heterocycles. The number of nitrogens with zero attached hydrogens (tertiary/aromatic N) is 2. The molecule has 5 nitrogen and oxygen atoms in total. The first-order chi connectivity index (χ1) is 13.8. The lowest BCUT2D eigenvalue weighted by atomic mass is 10.2. The van der Waals surface area contributed by atoms with Gasteiger partial charge < -0.3 is 9.88 Å². The third-order valence-electron chi connectivity index (χ3n) is 4.57. The molecule has 2 N–H and O–H groups in total. The van der Waals surface area contributed by atoms with E-state index < -0.39 is 0 Å². The van der Waals surface area contributed by atoms with Gasteiger partial charge in [0.25, 0.3) is 5.91 Å². The van der Waals surface area contributed by atoms with E-state index in [4.69, 9.17) is 0 Å². The molecule has 3 rings (SSSR count). The number of benzene rings is 2. The zero-order chi connectivity index (χ0) is 21.0. The van der Waals surface area contributed by atoms with Crippen molar-refractivity contribution in [3.05, 3.63) is 79.1 Å². The van der Waals surface area contributed by atoms with E-state index in [1.54, 1.807) is 6.21 Å². The third-order valence-corrected chi connectivity index (χ3v) is 6.15. The summed E-state index contributed by atoms with van der Waals surface area (Å²) in [5.74, 6) is -0.198. The van der Waals surface area contributed by atoms with Crippen molar-refractivity contribution in [2.45, 2.75) is 20.8 Å². The topological polar surface area (TPSA) is 58.4 Å². The normalized spacial score (nSPS) is 11.1. The van der Waals surface area contributed by atoms with E-state index in [9.17, 15) is 4.79 Å². The first-order valence-electron chi connectivity index (χ1n) is 9.12. The van der Waals surface area contributed by atoms with Crippen LogP contribution in [0.2, 0.25) is 0 Å². The maximum Gasteiger partial charge on any atom is 0.259 e. The van der Waals surface area contributed by atoms with E-state index in [0.29, 0.717) is 0 Å². The molecular formula is C22H22BrIN4O. The minimum absolute atomic E-state index is 0.161. The first kappa shape index (κ1) is 21.6. The highest BCUT2D eigenvalue weighted by atomic mass is 127. The highest BCUT2D eigenvalue weighted by Crippen LogP contribution is 2.24. The number of rotatable bonds is 6. The average molecular weight is 565 g/mol. The molecule has 3 aromatic rings. The zero-order valence-electron chi connectivity index (χ0n) is 16.5. The van der Waals surface area contributed by atoms with Crippen LogP contribution in [0.25, 0.3) is 5.69 Å². The Morgan fingerprint density at radius 3 is 2.55 bits per heavy atom. The zero-order valence-corrected chi connectivity index (χ0v) is 20.2. The van der Waals surface area contributed by atoms with Crippen LogP contribution in [0.5, 0.6) is 0 Å². The number of amides is 1. The van der Waals surface area contributed by atoms with Crippen LogP contribution in [0.4, 0.5) is 5.69 Å². The second kappa shape index (κ2) is 9.58. The van der Waals surface area contributed by atoms with Gasteiger partial charge in [-0.25, -0.2) is 5.43 Å². The Kier molecular flexibility index (Phi) is 7.13. The van der Waals surface area contributed by atoms with E-state index in [1.807, 2.05) is 31.2 Å². The van der Waals surface area contributed by atoms with Gasteiger partial charge in [0.2, 0.25) is 0 Å².